The van der Waals surface area contributed by atoms with Crippen molar-refractivity contribution in [2.75, 3.05) is 42.9 Å². The van der Waals surface area contributed by atoms with Crippen molar-refractivity contribution in [3.63, 3.8) is 0 Å². The summed E-state index contributed by atoms with van der Waals surface area (Å²) >= 11 is 5.75. The second-order valence-corrected chi connectivity index (χ2v) is 7.07. The molecule has 0 aromatic heterocycles. The first-order chi connectivity index (χ1) is 12.4. The Hall–Kier alpha value is -2.11. The quantitative estimate of drug-likeness (QED) is 0.881. The number of piperazine rings is 1. The topological polar surface area (TPSA) is 35.6 Å². The summed E-state index contributed by atoms with van der Waals surface area (Å²) in [5.74, 6) is -0.611. The molecule has 0 atom stereocenters. The van der Waals surface area contributed by atoms with E-state index in [-0.39, 0.29) is 10.9 Å². The highest BCUT2D eigenvalue weighted by atomic mass is 35.5. The number of rotatable bonds is 4. The highest BCUT2D eigenvalue weighted by Gasteiger charge is 2.20. The molecule has 1 aliphatic heterocycles. The van der Waals surface area contributed by atoms with Gasteiger partial charge in [0.25, 0.3) is 0 Å². The number of nitrogens with one attached hydrogen (secondary N) is 1. The maximum atomic E-state index is 13.2. The van der Waals surface area contributed by atoms with Gasteiger partial charge in [0.2, 0.25) is 5.91 Å². The molecule has 0 spiro atoms. The van der Waals surface area contributed by atoms with Gasteiger partial charge < -0.3 is 10.2 Å². The summed E-state index contributed by atoms with van der Waals surface area (Å²) in [6.45, 7) is 8.02. The van der Waals surface area contributed by atoms with Gasteiger partial charge in [-0.3, -0.25) is 9.69 Å². The molecule has 2 aromatic carbocycles. The second kappa shape index (κ2) is 8.06. The lowest BCUT2D eigenvalue weighted by atomic mass is 10.1. The van der Waals surface area contributed by atoms with E-state index in [1.54, 1.807) is 0 Å². The molecule has 1 aliphatic rings. The fourth-order valence-electron chi connectivity index (χ4n) is 3.20. The molecule has 3 rings (SSSR count). The van der Waals surface area contributed by atoms with Crippen LogP contribution in [0.15, 0.2) is 36.4 Å². The molecule has 1 amide bonds. The van der Waals surface area contributed by atoms with Crippen LogP contribution in [0.1, 0.15) is 11.1 Å². The Morgan fingerprint density at radius 3 is 2.58 bits per heavy atom. The minimum atomic E-state index is -0.493. The van der Waals surface area contributed by atoms with Gasteiger partial charge in [0.1, 0.15) is 5.82 Å². The van der Waals surface area contributed by atoms with Crippen molar-refractivity contribution < 1.29 is 9.18 Å². The highest BCUT2D eigenvalue weighted by Crippen LogP contribution is 2.24. The molecule has 0 bridgehead atoms. The Bertz CT molecular complexity index is 804. The number of hydrogen-bond donors (Lipinski definition) is 1. The first-order valence-corrected chi connectivity index (χ1v) is 9.10. The Kier molecular flexibility index (Phi) is 5.79. The second-order valence-electron chi connectivity index (χ2n) is 6.66. The lowest BCUT2D eigenvalue weighted by Gasteiger charge is -2.36. The van der Waals surface area contributed by atoms with Gasteiger partial charge in [0, 0.05) is 37.6 Å². The third-order valence-electron chi connectivity index (χ3n) is 4.86. The van der Waals surface area contributed by atoms with Crippen molar-refractivity contribution in [2.45, 2.75) is 13.8 Å². The number of hydrogen-bond acceptors (Lipinski definition) is 3. The maximum absolute atomic E-state index is 13.2. The number of carbonyl (C=O) groups is 1. The molecule has 1 N–H and O–H groups in total. The van der Waals surface area contributed by atoms with E-state index in [0.717, 1.165) is 26.2 Å². The number of benzene rings is 2. The highest BCUT2D eigenvalue weighted by molar-refractivity contribution is 6.31. The Morgan fingerprint density at radius 1 is 1.15 bits per heavy atom. The van der Waals surface area contributed by atoms with Gasteiger partial charge in [0.15, 0.2) is 0 Å². The molecule has 1 fully saturated rings. The van der Waals surface area contributed by atoms with E-state index >= 15 is 0 Å². The molecule has 1 heterocycles. The molecule has 0 saturated carbocycles. The summed E-state index contributed by atoms with van der Waals surface area (Å²) in [5, 5.41) is 2.78. The van der Waals surface area contributed by atoms with Gasteiger partial charge in [-0.2, -0.15) is 0 Å². The van der Waals surface area contributed by atoms with Crippen LogP contribution in [0.5, 0.6) is 0 Å². The Labute approximate surface area is 158 Å². The molecule has 1 saturated heterocycles. The van der Waals surface area contributed by atoms with Crippen LogP contribution in [-0.2, 0) is 4.79 Å². The van der Waals surface area contributed by atoms with Crippen LogP contribution in [0, 0.1) is 19.7 Å². The average Bonchev–Trinajstić information content (AvgIpc) is 2.61. The molecule has 26 heavy (non-hydrogen) atoms. The SMILES string of the molecule is Cc1cccc(N2CCN(CC(=O)Nc3ccc(F)c(Cl)c3)CC2)c1C. The van der Waals surface area contributed by atoms with Gasteiger partial charge >= 0.3 is 0 Å². The normalized spacial score (nSPS) is 15.2. The molecular weight excluding hydrogens is 353 g/mol. The lowest BCUT2D eigenvalue weighted by Crippen LogP contribution is -2.48. The van der Waals surface area contributed by atoms with E-state index in [4.69, 9.17) is 11.6 Å². The summed E-state index contributed by atoms with van der Waals surface area (Å²) in [4.78, 5) is 16.7. The van der Waals surface area contributed by atoms with Gasteiger partial charge in [-0.25, -0.2) is 4.39 Å². The van der Waals surface area contributed by atoms with E-state index < -0.39 is 5.82 Å². The molecule has 6 heteroatoms. The van der Waals surface area contributed by atoms with Crippen molar-refractivity contribution >= 4 is 28.9 Å². The third kappa shape index (κ3) is 4.34. The summed E-state index contributed by atoms with van der Waals surface area (Å²) < 4.78 is 13.2. The molecule has 0 unspecified atom stereocenters. The number of aryl methyl sites for hydroxylation is 1. The van der Waals surface area contributed by atoms with Gasteiger partial charge in [-0.15, -0.1) is 0 Å². The summed E-state index contributed by atoms with van der Waals surface area (Å²) in [6, 6.07) is 10.6. The average molecular weight is 376 g/mol. The lowest BCUT2D eigenvalue weighted by molar-refractivity contribution is -0.117. The van der Waals surface area contributed by atoms with Gasteiger partial charge in [-0.1, -0.05) is 23.7 Å². The number of carbonyl (C=O) groups excluding carboxylic acids is 1. The zero-order valence-electron chi connectivity index (χ0n) is 15.1. The largest absolute Gasteiger partial charge is 0.369 e. The van der Waals surface area contributed by atoms with Crippen LogP contribution in [0.25, 0.3) is 0 Å². The van der Waals surface area contributed by atoms with E-state index in [0.29, 0.717) is 12.2 Å². The van der Waals surface area contributed by atoms with E-state index in [1.165, 1.54) is 35.0 Å². The standard InChI is InChI=1S/C20H23ClFN3O/c1-14-4-3-5-19(15(14)2)25-10-8-24(9-11-25)13-20(26)23-16-6-7-18(22)17(21)12-16/h3-7,12H,8-11,13H2,1-2H3,(H,23,26). The molecule has 138 valence electrons. The van der Waals surface area contributed by atoms with Crippen LogP contribution in [0.2, 0.25) is 5.02 Å². The van der Waals surface area contributed by atoms with Crippen LogP contribution in [-0.4, -0.2) is 43.5 Å². The zero-order chi connectivity index (χ0) is 18.7. The molecule has 2 aromatic rings. The predicted molar refractivity (Wildman–Crippen MR) is 105 cm³/mol. The maximum Gasteiger partial charge on any atom is 0.238 e. The zero-order valence-corrected chi connectivity index (χ0v) is 15.8. The van der Waals surface area contributed by atoms with E-state index in [9.17, 15) is 9.18 Å². The molecular formula is C20H23ClFN3O. The summed E-state index contributed by atoms with van der Waals surface area (Å²) in [6.07, 6.45) is 0. The van der Waals surface area contributed by atoms with Crippen molar-refractivity contribution in [1.29, 1.82) is 0 Å². The monoisotopic (exact) mass is 375 g/mol. The predicted octanol–water partition coefficient (Wildman–Crippen LogP) is 3.86. The van der Waals surface area contributed by atoms with Gasteiger partial charge in [0.05, 0.1) is 11.6 Å². The smallest absolute Gasteiger partial charge is 0.238 e. The van der Waals surface area contributed by atoms with Crippen molar-refractivity contribution in [1.82, 2.24) is 4.90 Å². The van der Waals surface area contributed by atoms with Crippen molar-refractivity contribution in [2.24, 2.45) is 0 Å². The van der Waals surface area contributed by atoms with Crippen LogP contribution in [0.4, 0.5) is 15.8 Å². The van der Waals surface area contributed by atoms with Crippen molar-refractivity contribution in [3.8, 4) is 0 Å². The Balaban J connectivity index is 1.52. The number of nitrogens with zero attached hydrogens (tertiary/aromatic N) is 2. The fraction of sp³-hybridized carbons (Fsp3) is 0.350. The molecule has 4 nitrogen and oxygen atoms in total. The molecule has 0 radical (unpaired) electrons. The number of halogens is 2. The first kappa shape index (κ1) is 18.7. The number of amides is 1. The summed E-state index contributed by atoms with van der Waals surface area (Å²) in [7, 11) is 0. The minimum Gasteiger partial charge on any atom is -0.369 e. The molecule has 0 aliphatic carbocycles. The minimum absolute atomic E-state index is 0.00457. The fourth-order valence-corrected chi connectivity index (χ4v) is 3.38. The van der Waals surface area contributed by atoms with Gasteiger partial charge in [-0.05, 0) is 49.2 Å². The third-order valence-corrected chi connectivity index (χ3v) is 5.15. The van der Waals surface area contributed by atoms with Crippen LogP contribution >= 0.6 is 11.6 Å². The van der Waals surface area contributed by atoms with Crippen LogP contribution in [0.3, 0.4) is 0 Å². The Morgan fingerprint density at radius 2 is 1.88 bits per heavy atom. The van der Waals surface area contributed by atoms with E-state index in [1.807, 2.05) is 0 Å². The van der Waals surface area contributed by atoms with E-state index in [2.05, 4.69) is 47.2 Å². The number of anilines is 2. The first-order valence-electron chi connectivity index (χ1n) is 8.72. The van der Waals surface area contributed by atoms with Crippen molar-refractivity contribution in [3.05, 3.63) is 58.4 Å². The summed E-state index contributed by atoms with van der Waals surface area (Å²) in [5.41, 5.74) is 4.39. The van der Waals surface area contributed by atoms with Crippen LogP contribution < -0.4 is 10.2 Å².